The van der Waals surface area contributed by atoms with Gasteiger partial charge in [-0.3, -0.25) is 14.9 Å². The Morgan fingerprint density at radius 1 is 1.35 bits per heavy atom. The molecule has 1 amide bonds. The third-order valence-electron chi connectivity index (χ3n) is 3.50. The number of halogens is 1. The fourth-order valence-corrected chi connectivity index (χ4v) is 3.25. The van der Waals surface area contributed by atoms with Crippen LogP contribution in [0.5, 0.6) is 0 Å². The molecule has 0 aliphatic heterocycles. The maximum Gasteiger partial charge on any atom is 0.340 e. The van der Waals surface area contributed by atoms with Crippen molar-refractivity contribution >= 4 is 46.2 Å². The molecule has 0 spiro atoms. The van der Waals surface area contributed by atoms with Crippen molar-refractivity contribution in [2.45, 2.75) is 13.5 Å². The lowest BCUT2D eigenvalue weighted by molar-refractivity contribution is -0.384. The van der Waals surface area contributed by atoms with Gasteiger partial charge in [-0.15, -0.1) is 11.3 Å². The summed E-state index contributed by atoms with van der Waals surface area (Å²) in [5.41, 5.74) is 5.29. The van der Waals surface area contributed by atoms with Crippen LogP contribution in [0.3, 0.4) is 0 Å². The maximum atomic E-state index is 12.2. The van der Waals surface area contributed by atoms with Crippen LogP contribution in [0.2, 0.25) is 4.34 Å². The third kappa shape index (κ3) is 4.93. The number of nitro groups is 1. The summed E-state index contributed by atoms with van der Waals surface area (Å²) in [7, 11) is 0. The van der Waals surface area contributed by atoms with Crippen LogP contribution in [0.1, 0.15) is 22.2 Å². The Balaban J connectivity index is 1.97. The number of nitrogens with two attached hydrogens (primary N) is 1. The van der Waals surface area contributed by atoms with Gasteiger partial charge in [-0.1, -0.05) is 11.6 Å². The number of ether oxygens (including phenoxy) is 1. The summed E-state index contributed by atoms with van der Waals surface area (Å²) < 4.78 is 5.62. The van der Waals surface area contributed by atoms with Crippen LogP contribution in [0.25, 0.3) is 0 Å². The van der Waals surface area contributed by atoms with Gasteiger partial charge in [-0.05, 0) is 25.1 Å². The first-order valence-corrected chi connectivity index (χ1v) is 8.74. The number of anilines is 1. The second-order valence-electron chi connectivity index (χ2n) is 5.22. The molecule has 1 heterocycles. The van der Waals surface area contributed by atoms with E-state index >= 15 is 0 Å². The number of carbonyl (C=O) groups excluding carboxylic acids is 2. The number of non-ortho nitro benzene ring substituents is 1. The largest absolute Gasteiger partial charge is 0.452 e. The van der Waals surface area contributed by atoms with E-state index in [1.165, 1.54) is 22.3 Å². The molecule has 0 saturated carbocycles. The number of nitro benzene ring substituents is 1. The Morgan fingerprint density at radius 2 is 2.08 bits per heavy atom. The Labute approximate surface area is 158 Å². The van der Waals surface area contributed by atoms with Crippen molar-refractivity contribution in [2.24, 2.45) is 0 Å². The molecule has 8 nitrogen and oxygen atoms in total. The molecule has 10 heteroatoms. The first kappa shape index (κ1) is 19.7. The van der Waals surface area contributed by atoms with Crippen molar-refractivity contribution in [1.29, 1.82) is 0 Å². The monoisotopic (exact) mass is 397 g/mol. The highest BCUT2D eigenvalue weighted by atomic mass is 35.5. The van der Waals surface area contributed by atoms with Gasteiger partial charge in [0.1, 0.15) is 0 Å². The fourth-order valence-electron chi connectivity index (χ4n) is 2.15. The topological polar surface area (TPSA) is 116 Å². The molecule has 2 aromatic rings. The van der Waals surface area contributed by atoms with E-state index in [1.54, 1.807) is 6.07 Å². The summed E-state index contributed by atoms with van der Waals surface area (Å²) in [6, 6.07) is 6.99. The molecule has 0 aliphatic carbocycles. The Morgan fingerprint density at radius 3 is 2.62 bits per heavy atom. The predicted molar refractivity (Wildman–Crippen MR) is 98.2 cm³/mol. The van der Waals surface area contributed by atoms with E-state index in [0.717, 1.165) is 17.0 Å². The van der Waals surface area contributed by atoms with Gasteiger partial charge in [0.15, 0.2) is 6.61 Å². The van der Waals surface area contributed by atoms with Crippen LogP contribution in [-0.2, 0) is 16.1 Å². The highest BCUT2D eigenvalue weighted by molar-refractivity contribution is 7.16. The number of nitrogen functional groups attached to an aromatic ring is 1. The van der Waals surface area contributed by atoms with Crippen LogP contribution in [-0.4, -0.2) is 34.9 Å². The lowest BCUT2D eigenvalue weighted by Gasteiger charge is -2.20. The quantitative estimate of drug-likeness (QED) is 0.332. The smallest absolute Gasteiger partial charge is 0.340 e. The average molecular weight is 398 g/mol. The number of amides is 1. The summed E-state index contributed by atoms with van der Waals surface area (Å²) in [6.07, 6.45) is 0. The summed E-state index contributed by atoms with van der Waals surface area (Å²) in [5, 5.41) is 10.7. The highest BCUT2D eigenvalue weighted by Gasteiger charge is 2.19. The average Bonchev–Trinajstić information content (AvgIpc) is 3.02. The normalized spacial score (nSPS) is 10.4. The summed E-state index contributed by atoms with van der Waals surface area (Å²) in [5.74, 6) is -1.19. The third-order valence-corrected chi connectivity index (χ3v) is 4.72. The molecule has 0 fully saturated rings. The molecule has 2 rings (SSSR count). The molecule has 26 heavy (non-hydrogen) atoms. The van der Waals surface area contributed by atoms with Crippen molar-refractivity contribution < 1.29 is 19.2 Å². The van der Waals surface area contributed by atoms with E-state index < -0.39 is 17.5 Å². The highest BCUT2D eigenvalue weighted by Crippen LogP contribution is 2.23. The van der Waals surface area contributed by atoms with Crippen LogP contribution in [0, 0.1) is 10.1 Å². The van der Waals surface area contributed by atoms with Crippen LogP contribution in [0.15, 0.2) is 30.3 Å². The zero-order chi connectivity index (χ0) is 19.3. The molecule has 0 atom stereocenters. The van der Waals surface area contributed by atoms with E-state index in [-0.39, 0.29) is 22.8 Å². The zero-order valence-electron chi connectivity index (χ0n) is 13.8. The SMILES string of the molecule is CCN(Cc1ccc(Cl)s1)C(=O)COC(=O)c1ccc([N+](=O)[O-])cc1N. The first-order chi connectivity index (χ1) is 12.3. The van der Waals surface area contributed by atoms with Gasteiger partial charge in [0.25, 0.3) is 11.6 Å². The van der Waals surface area contributed by atoms with Crippen molar-refractivity contribution in [3.05, 3.63) is 55.2 Å². The minimum atomic E-state index is -0.819. The van der Waals surface area contributed by atoms with Gasteiger partial charge in [0.2, 0.25) is 0 Å². The van der Waals surface area contributed by atoms with Crippen LogP contribution in [0.4, 0.5) is 11.4 Å². The molecule has 0 saturated heterocycles. The van der Waals surface area contributed by atoms with Crippen LogP contribution >= 0.6 is 22.9 Å². The number of carbonyl (C=O) groups is 2. The van der Waals surface area contributed by atoms with Gasteiger partial charge in [-0.2, -0.15) is 0 Å². The lowest BCUT2D eigenvalue weighted by atomic mass is 10.1. The molecular weight excluding hydrogens is 382 g/mol. The molecule has 0 aliphatic rings. The van der Waals surface area contributed by atoms with E-state index in [1.807, 2.05) is 13.0 Å². The molecular formula is C16H16ClN3O5S. The van der Waals surface area contributed by atoms with E-state index in [9.17, 15) is 19.7 Å². The summed E-state index contributed by atoms with van der Waals surface area (Å²) in [4.78, 5) is 36.8. The number of nitrogens with zero attached hydrogens (tertiary/aromatic N) is 2. The molecule has 2 N–H and O–H groups in total. The van der Waals surface area contributed by atoms with Gasteiger partial charge in [0.05, 0.1) is 27.1 Å². The molecule has 138 valence electrons. The Bertz CT molecular complexity index is 839. The number of benzene rings is 1. The van der Waals surface area contributed by atoms with E-state index in [2.05, 4.69) is 0 Å². The van der Waals surface area contributed by atoms with Gasteiger partial charge in [-0.25, -0.2) is 4.79 Å². The molecule has 0 radical (unpaired) electrons. The molecule has 0 bridgehead atoms. The van der Waals surface area contributed by atoms with Crippen molar-refractivity contribution in [3.8, 4) is 0 Å². The van der Waals surface area contributed by atoms with Gasteiger partial charge in [0, 0.05) is 23.6 Å². The summed E-state index contributed by atoms with van der Waals surface area (Å²) in [6.45, 7) is 2.15. The van der Waals surface area contributed by atoms with E-state index in [0.29, 0.717) is 17.4 Å². The standard InChI is InChI=1S/C16H16ClN3O5S/c1-2-19(8-11-4-6-14(17)26-11)15(21)9-25-16(22)12-5-3-10(20(23)24)7-13(12)18/h3-7H,2,8-9,18H2,1H3. The van der Waals surface area contributed by atoms with Crippen molar-refractivity contribution in [3.63, 3.8) is 0 Å². The molecule has 1 aromatic heterocycles. The van der Waals surface area contributed by atoms with Crippen LogP contribution < -0.4 is 5.73 Å². The Kier molecular flexibility index (Phi) is 6.53. The minimum Gasteiger partial charge on any atom is -0.452 e. The minimum absolute atomic E-state index is 0.0310. The fraction of sp³-hybridized carbons (Fsp3) is 0.250. The number of hydrogen-bond acceptors (Lipinski definition) is 7. The number of esters is 1. The second-order valence-corrected chi connectivity index (χ2v) is 7.02. The van der Waals surface area contributed by atoms with Crippen molar-refractivity contribution in [1.82, 2.24) is 4.90 Å². The van der Waals surface area contributed by atoms with Gasteiger partial charge < -0.3 is 15.4 Å². The second kappa shape index (κ2) is 8.63. The number of thiophene rings is 1. The lowest BCUT2D eigenvalue weighted by Crippen LogP contribution is -2.33. The number of rotatable bonds is 7. The molecule has 0 unspecified atom stereocenters. The van der Waals surface area contributed by atoms with E-state index in [4.69, 9.17) is 22.1 Å². The maximum absolute atomic E-state index is 12.2. The molecule has 1 aromatic carbocycles. The zero-order valence-corrected chi connectivity index (χ0v) is 15.4. The Hall–Kier alpha value is -2.65. The van der Waals surface area contributed by atoms with Crippen molar-refractivity contribution in [2.75, 3.05) is 18.9 Å². The van der Waals surface area contributed by atoms with Gasteiger partial charge >= 0.3 is 5.97 Å². The predicted octanol–water partition coefficient (Wildman–Crippen LogP) is 3.10. The summed E-state index contributed by atoms with van der Waals surface area (Å²) >= 11 is 7.24. The first-order valence-electron chi connectivity index (χ1n) is 7.54. The number of likely N-dealkylation sites (N-methyl/N-ethyl adjacent to an activating group) is 1. The number of hydrogen-bond donors (Lipinski definition) is 1.